The Morgan fingerprint density at radius 3 is 2.53 bits per heavy atom. The molecule has 0 saturated heterocycles. The Labute approximate surface area is 97.5 Å². The van der Waals surface area contributed by atoms with Crippen molar-refractivity contribution in [3.8, 4) is 0 Å². The Kier molecular flexibility index (Phi) is 2.63. The van der Waals surface area contributed by atoms with Gasteiger partial charge in [-0.15, -0.1) is 0 Å². The highest BCUT2D eigenvalue weighted by molar-refractivity contribution is 6.42. The molecule has 0 spiro atoms. The van der Waals surface area contributed by atoms with Crippen molar-refractivity contribution in [2.75, 3.05) is 5.32 Å². The molecule has 1 aliphatic rings. The third-order valence-electron chi connectivity index (χ3n) is 2.42. The first-order valence-corrected chi connectivity index (χ1v) is 5.32. The molecule has 15 heavy (non-hydrogen) atoms. The quantitative estimate of drug-likeness (QED) is 0.840. The van der Waals surface area contributed by atoms with Crippen LogP contribution in [0.5, 0.6) is 0 Å². The molecule has 0 aromatic heterocycles. The molecule has 1 aliphatic carbocycles. The molecule has 0 aliphatic heterocycles. The third-order valence-corrected chi connectivity index (χ3v) is 3.16. The maximum atomic E-state index is 11.6. The normalized spacial score (nSPS) is 17.3. The first-order valence-electron chi connectivity index (χ1n) is 4.57. The van der Waals surface area contributed by atoms with Gasteiger partial charge < -0.3 is 11.1 Å². The maximum Gasteiger partial charge on any atom is 0.244 e. The van der Waals surface area contributed by atoms with E-state index in [-0.39, 0.29) is 5.91 Å². The van der Waals surface area contributed by atoms with Crippen molar-refractivity contribution >= 4 is 34.8 Å². The van der Waals surface area contributed by atoms with E-state index in [0.29, 0.717) is 15.7 Å². The van der Waals surface area contributed by atoms with Crippen molar-refractivity contribution in [3.05, 3.63) is 28.2 Å². The standard InChI is InChI=1S/C10H10Cl2N2O/c11-7-2-1-6(5-8(7)12)14-9(15)10(13)3-4-10/h1-2,5H,3-4,13H2,(H,14,15). The number of amides is 1. The molecule has 5 heteroatoms. The van der Waals surface area contributed by atoms with Crippen LogP contribution in [0.15, 0.2) is 18.2 Å². The molecule has 3 nitrogen and oxygen atoms in total. The van der Waals surface area contributed by atoms with E-state index in [4.69, 9.17) is 28.9 Å². The van der Waals surface area contributed by atoms with E-state index in [9.17, 15) is 4.79 Å². The smallest absolute Gasteiger partial charge is 0.244 e. The molecule has 0 heterocycles. The summed E-state index contributed by atoms with van der Waals surface area (Å²) < 4.78 is 0. The highest BCUT2D eigenvalue weighted by Gasteiger charge is 2.45. The van der Waals surface area contributed by atoms with Crippen LogP contribution in [0.1, 0.15) is 12.8 Å². The van der Waals surface area contributed by atoms with Crippen molar-refractivity contribution in [2.45, 2.75) is 18.4 Å². The lowest BCUT2D eigenvalue weighted by atomic mass is 10.2. The zero-order valence-corrected chi connectivity index (χ0v) is 9.40. The topological polar surface area (TPSA) is 55.1 Å². The summed E-state index contributed by atoms with van der Waals surface area (Å²) in [7, 11) is 0. The molecule has 1 fully saturated rings. The first kappa shape index (κ1) is 10.7. The molecule has 1 amide bonds. The fraction of sp³-hybridized carbons (Fsp3) is 0.300. The number of halogens is 2. The van der Waals surface area contributed by atoms with Crippen molar-refractivity contribution in [2.24, 2.45) is 5.73 Å². The van der Waals surface area contributed by atoms with E-state index in [1.165, 1.54) is 0 Å². The van der Waals surface area contributed by atoms with Gasteiger partial charge in [-0.3, -0.25) is 4.79 Å². The largest absolute Gasteiger partial charge is 0.324 e. The Bertz CT molecular complexity index is 416. The lowest BCUT2D eigenvalue weighted by molar-refractivity contribution is -0.118. The molecular formula is C10H10Cl2N2O. The van der Waals surface area contributed by atoms with E-state index >= 15 is 0 Å². The van der Waals surface area contributed by atoms with Crippen molar-refractivity contribution < 1.29 is 4.79 Å². The zero-order chi connectivity index (χ0) is 11.1. The minimum atomic E-state index is -0.674. The maximum absolute atomic E-state index is 11.6. The van der Waals surface area contributed by atoms with Gasteiger partial charge in [0.15, 0.2) is 0 Å². The number of benzene rings is 1. The monoisotopic (exact) mass is 244 g/mol. The van der Waals surface area contributed by atoms with Gasteiger partial charge in [-0.1, -0.05) is 23.2 Å². The van der Waals surface area contributed by atoms with Gasteiger partial charge >= 0.3 is 0 Å². The zero-order valence-electron chi connectivity index (χ0n) is 7.89. The highest BCUT2D eigenvalue weighted by atomic mass is 35.5. The van der Waals surface area contributed by atoms with Gasteiger partial charge in [0, 0.05) is 5.69 Å². The number of hydrogen-bond donors (Lipinski definition) is 2. The predicted molar refractivity (Wildman–Crippen MR) is 61.2 cm³/mol. The summed E-state index contributed by atoms with van der Waals surface area (Å²) in [5.74, 6) is -0.166. The lowest BCUT2D eigenvalue weighted by Gasteiger charge is -2.10. The Hall–Kier alpha value is -0.770. The van der Waals surface area contributed by atoms with Crippen LogP contribution in [0.4, 0.5) is 5.69 Å². The van der Waals surface area contributed by atoms with Crippen molar-refractivity contribution in [1.82, 2.24) is 0 Å². The van der Waals surface area contributed by atoms with E-state index in [2.05, 4.69) is 5.32 Å². The Morgan fingerprint density at radius 2 is 2.00 bits per heavy atom. The summed E-state index contributed by atoms with van der Waals surface area (Å²) in [6, 6.07) is 4.93. The fourth-order valence-corrected chi connectivity index (χ4v) is 1.49. The second-order valence-electron chi connectivity index (χ2n) is 3.74. The van der Waals surface area contributed by atoms with Crippen LogP contribution in [0.3, 0.4) is 0 Å². The summed E-state index contributed by atoms with van der Waals surface area (Å²) >= 11 is 11.6. The molecule has 0 atom stereocenters. The van der Waals surface area contributed by atoms with Gasteiger partial charge in [-0.25, -0.2) is 0 Å². The number of carbonyl (C=O) groups is 1. The Morgan fingerprint density at radius 1 is 1.33 bits per heavy atom. The summed E-state index contributed by atoms with van der Waals surface area (Å²) in [6.45, 7) is 0. The van der Waals surface area contributed by atoms with E-state index in [1.807, 2.05) is 0 Å². The van der Waals surface area contributed by atoms with Crippen molar-refractivity contribution in [3.63, 3.8) is 0 Å². The molecule has 3 N–H and O–H groups in total. The number of nitrogens with two attached hydrogens (primary N) is 1. The van der Waals surface area contributed by atoms with Crippen LogP contribution in [0.2, 0.25) is 10.0 Å². The summed E-state index contributed by atoms with van der Waals surface area (Å²) in [6.07, 6.45) is 1.47. The number of anilines is 1. The predicted octanol–water partition coefficient (Wildman–Crippen LogP) is 2.42. The van der Waals surface area contributed by atoms with E-state index in [1.54, 1.807) is 18.2 Å². The number of carbonyl (C=O) groups excluding carboxylic acids is 1. The number of nitrogens with one attached hydrogen (secondary N) is 1. The fourth-order valence-electron chi connectivity index (χ4n) is 1.19. The van der Waals surface area contributed by atoms with E-state index in [0.717, 1.165) is 12.8 Å². The highest BCUT2D eigenvalue weighted by Crippen LogP contribution is 2.34. The molecular weight excluding hydrogens is 235 g/mol. The number of rotatable bonds is 2. The van der Waals surface area contributed by atoms with Crippen molar-refractivity contribution in [1.29, 1.82) is 0 Å². The minimum Gasteiger partial charge on any atom is -0.324 e. The second kappa shape index (κ2) is 3.67. The molecule has 0 unspecified atom stereocenters. The molecule has 1 aromatic carbocycles. The molecule has 1 saturated carbocycles. The second-order valence-corrected chi connectivity index (χ2v) is 4.55. The summed E-state index contributed by atoms with van der Waals surface area (Å²) in [4.78, 5) is 11.6. The van der Waals surface area contributed by atoms with Crippen LogP contribution in [-0.2, 0) is 4.79 Å². The van der Waals surface area contributed by atoms with Crippen LogP contribution >= 0.6 is 23.2 Å². The summed E-state index contributed by atoms with van der Waals surface area (Å²) in [5, 5.41) is 3.58. The van der Waals surface area contributed by atoms with Crippen LogP contribution in [0, 0.1) is 0 Å². The molecule has 1 aromatic rings. The number of hydrogen-bond acceptors (Lipinski definition) is 2. The van der Waals surface area contributed by atoms with Gasteiger partial charge in [0.05, 0.1) is 15.6 Å². The average molecular weight is 245 g/mol. The average Bonchev–Trinajstić information content (AvgIpc) is 2.92. The van der Waals surface area contributed by atoms with Gasteiger partial charge in [0.25, 0.3) is 0 Å². The Balaban J connectivity index is 2.11. The van der Waals surface area contributed by atoms with Gasteiger partial charge in [-0.2, -0.15) is 0 Å². The summed E-state index contributed by atoms with van der Waals surface area (Å²) in [5.41, 5.74) is 5.68. The van der Waals surface area contributed by atoms with Gasteiger partial charge in [0.1, 0.15) is 0 Å². The molecule has 80 valence electrons. The molecule has 0 radical (unpaired) electrons. The lowest BCUT2D eigenvalue weighted by Crippen LogP contribution is -2.37. The van der Waals surface area contributed by atoms with Gasteiger partial charge in [-0.05, 0) is 31.0 Å². The minimum absolute atomic E-state index is 0.166. The van der Waals surface area contributed by atoms with Gasteiger partial charge in [0.2, 0.25) is 5.91 Å². The van der Waals surface area contributed by atoms with Crippen LogP contribution < -0.4 is 11.1 Å². The van der Waals surface area contributed by atoms with Crippen LogP contribution in [-0.4, -0.2) is 11.4 Å². The first-order chi connectivity index (χ1) is 7.01. The van der Waals surface area contributed by atoms with E-state index < -0.39 is 5.54 Å². The van der Waals surface area contributed by atoms with Crippen LogP contribution in [0.25, 0.3) is 0 Å². The molecule has 0 bridgehead atoms. The molecule has 2 rings (SSSR count). The SMILES string of the molecule is NC1(C(=O)Nc2ccc(Cl)c(Cl)c2)CC1. The third kappa shape index (κ3) is 2.25.